The average molecular weight is 204 g/mol. The van der Waals surface area contributed by atoms with E-state index in [1.165, 1.54) is 5.56 Å². The maximum atomic E-state index is 5.50. The molecular formula is C11H12N2S. The third-order valence-corrected chi connectivity index (χ3v) is 2.92. The van der Waals surface area contributed by atoms with Gasteiger partial charge in [-0.3, -0.25) is 0 Å². The second-order valence-corrected chi connectivity index (χ2v) is 4.04. The van der Waals surface area contributed by atoms with Gasteiger partial charge in [-0.1, -0.05) is 30.3 Å². The van der Waals surface area contributed by atoms with Gasteiger partial charge in [0.2, 0.25) is 0 Å². The summed E-state index contributed by atoms with van der Waals surface area (Å²) in [6.45, 7) is 0.541. The van der Waals surface area contributed by atoms with Crippen molar-refractivity contribution in [2.45, 2.75) is 13.0 Å². The molecule has 0 fully saturated rings. The van der Waals surface area contributed by atoms with Gasteiger partial charge in [-0.2, -0.15) is 0 Å². The van der Waals surface area contributed by atoms with E-state index in [1.54, 1.807) is 11.3 Å². The number of nitrogens with zero attached hydrogens (tertiary/aromatic N) is 1. The summed E-state index contributed by atoms with van der Waals surface area (Å²) >= 11 is 1.63. The summed E-state index contributed by atoms with van der Waals surface area (Å²) in [7, 11) is 0. The number of rotatable bonds is 3. The van der Waals surface area contributed by atoms with Gasteiger partial charge in [0.25, 0.3) is 0 Å². The van der Waals surface area contributed by atoms with E-state index in [0.717, 1.165) is 17.1 Å². The van der Waals surface area contributed by atoms with Crippen molar-refractivity contribution in [1.29, 1.82) is 0 Å². The van der Waals surface area contributed by atoms with E-state index in [-0.39, 0.29) is 0 Å². The highest BCUT2D eigenvalue weighted by Gasteiger charge is 2.00. The largest absolute Gasteiger partial charge is 0.325 e. The van der Waals surface area contributed by atoms with Crippen LogP contribution in [0.2, 0.25) is 0 Å². The summed E-state index contributed by atoms with van der Waals surface area (Å²) < 4.78 is 0. The van der Waals surface area contributed by atoms with Crippen LogP contribution >= 0.6 is 11.3 Å². The maximum Gasteiger partial charge on any atom is 0.106 e. The Balaban J connectivity index is 2.11. The van der Waals surface area contributed by atoms with Crippen molar-refractivity contribution < 1.29 is 0 Å². The maximum absolute atomic E-state index is 5.50. The van der Waals surface area contributed by atoms with Crippen LogP contribution in [-0.4, -0.2) is 4.98 Å². The molecule has 0 radical (unpaired) electrons. The summed E-state index contributed by atoms with van der Waals surface area (Å²) in [6, 6.07) is 10.3. The number of hydrogen-bond donors (Lipinski definition) is 1. The Morgan fingerprint density at radius 3 is 2.64 bits per heavy atom. The molecule has 1 heterocycles. The lowest BCUT2D eigenvalue weighted by Crippen LogP contribution is -1.96. The summed E-state index contributed by atoms with van der Waals surface area (Å²) in [5.74, 6) is 0. The van der Waals surface area contributed by atoms with E-state index in [4.69, 9.17) is 5.73 Å². The molecule has 0 saturated heterocycles. The molecule has 0 aliphatic heterocycles. The molecule has 0 spiro atoms. The average Bonchev–Trinajstić information content (AvgIpc) is 2.67. The van der Waals surface area contributed by atoms with Crippen LogP contribution in [0.5, 0.6) is 0 Å². The fraction of sp³-hybridized carbons (Fsp3) is 0.182. The molecule has 2 rings (SSSR count). The zero-order valence-electron chi connectivity index (χ0n) is 7.81. The molecule has 0 saturated carbocycles. The van der Waals surface area contributed by atoms with Gasteiger partial charge in [0, 0.05) is 18.3 Å². The Morgan fingerprint density at radius 2 is 2.00 bits per heavy atom. The molecular weight excluding hydrogens is 192 g/mol. The Hall–Kier alpha value is -1.19. The van der Waals surface area contributed by atoms with Gasteiger partial charge in [-0.05, 0) is 5.56 Å². The van der Waals surface area contributed by atoms with Crippen LogP contribution in [0.1, 0.15) is 16.3 Å². The molecule has 72 valence electrons. The second-order valence-electron chi connectivity index (χ2n) is 3.10. The molecule has 3 heteroatoms. The van der Waals surface area contributed by atoms with Gasteiger partial charge in [0.1, 0.15) is 5.01 Å². The molecule has 0 amide bonds. The van der Waals surface area contributed by atoms with Crippen LogP contribution in [0, 0.1) is 0 Å². The molecule has 14 heavy (non-hydrogen) atoms. The van der Waals surface area contributed by atoms with Crippen molar-refractivity contribution >= 4 is 11.3 Å². The first kappa shape index (κ1) is 9.37. The van der Waals surface area contributed by atoms with Crippen molar-refractivity contribution in [3.8, 4) is 0 Å². The molecule has 2 aromatic rings. The van der Waals surface area contributed by atoms with E-state index in [2.05, 4.69) is 22.5 Å². The third-order valence-electron chi connectivity index (χ3n) is 2.00. The fourth-order valence-corrected chi connectivity index (χ4v) is 2.00. The minimum absolute atomic E-state index is 0.541. The zero-order chi connectivity index (χ0) is 9.80. The van der Waals surface area contributed by atoms with Gasteiger partial charge in [-0.25, -0.2) is 4.98 Å². The first-order valence-corrected chi connectivity index (χ1v) is 5.43. The topological polar surface area (TPSA) is 38.9 Å². The second kappa shape index (κ2) is 4.35. The summed E-state index contributed by atoms with van der Waals surface area (Å²) in [4.78, 5) is 4.42. The summed E-state index contributed by atoms with van der Waals surface area (Å²) in [5, 5.41) is 3.09. The molecule has 1 aromatic heterocycles. The Bertz CT molecular complexity index is 395. The van der Waals surface area contributed by atoms with Gasteiger partial charge in [0.05, 0.1) is 5.69 Å². The molecule has 0 unspecified atom stereocenters. The summed E-state index contributed by atoms with van der Waals surface area (Å²) in [6.07, 6.45) is 0.900. The van der Waals surface area contributed by atoms with Crippen LogP contribution in [0.15, 0.2) is 35.7 Å². The predicted molar refractivity (Wildman–Crippen MR) is 59.3 cm³/mol. The minimum Gasteiger partial charge on any atom is -0.325 e. The molecule has 0 aliphatic carbocycles. The number of aromatic nitrogens is 1. The first-order valence-electron chi connectivity index (χ1n) is 4.56. The highest BCUT2D eigenvalue weighted by molar-refractivity contribution is 7.09. The lowest BCUT2D eigenvalue weighted by molar-refractivity contribution is 0.995. The monoisotopic (exact) mass is 204 g/mol. The molecule has 2 N–H and O–H groups in total. The zero-order valence-corrected chi connectivity index (χ0v) is 8.63. The SMILES string of the molecule is NCc1nc(Cc2ccccc2)cs1. The lowest BCUT2D eigenvalue weighted by Gasteiger charge is -1.96. The van der Waals surface area contributed by atoms with Crippen molar-refractivity contribution in [3.63, 3.8) is 0 Å². The van der Waals surface area contributed by atoms with E-state index >= 15 is 0 Å². The predicted octanol–water partition coefficient (Wildman–Crippen LogP) is 2.19. The normalized spacial score (nSPS) is 10.4. The summed E-state index contributed by atoms with van der Waals surface area (Å²) in [5.41, 5.74) is 7.91. The number of thiazole rings is 1. The van der Waals surface area contributed by atoms with Gasteiger partial charge in [0.15, 0.2) is 0 Å². The van der Waals surface area contributed by atoms with Crippen LogP contribution in [0.4, 0.5) is 0 Å². The van der Waals surface area contributed by atoms with E-state index in [0.29, 0.717) is 6.54 Å². The Kier molecular flexibility index (Phi) is 2.91. The van der Waals surface area contributed by atoms with E-state index < -0.39 is 0 Å². The van der Waals surface area contributed by atoms with E-state index in [9.17, 15) is 0 Å². The van der Waals surface area contributed by atoms with Crippen molar-refractivity contribution in [1.82, 2.24) is 4.98 Å². The molecule has 0 bridgehead atoms. The highest BCUT2D eigenvalue weighted by Crippen LogP contribution is 2.13. The van der Waals surface area contributed by atoms with Gasteiger partial charge < -0.3 is 5.73 Å². The molecule has 0 aliphatic rings. The standard InChI is InChI=1S/C11H12N2S/c12-7-11-13-10(8-14-11)6-9-4-2-1-3-5-9/h1-5,8H,6-7,12H2. The minimum atomic E-state index is 0.541. The van der Waals surface area contributed by atoms with Crippen molar-refractivity contribution in [2.24, 2.45) is 5.73 Å². The molecule has 2 nitrogen and oxygen atoms in total. The van der Waals surface area contributed by atoms with Crippen LogP contribution in [0.25, 0.3) is 0 Å². The van der Waals surface area contributed by atoms with Crippen molar-refractivity contribution in [3.05, 3.63) is 52.0 Å². The van der Waals surface area contributed by atoms with E-state index in [1.807, 2.05) is 18.2 Å². The number of benzene rings is 1. The smallest absolute Gasteiger partial charge is 0.106 e. The van der Waals surface area contributed by atoms with Crippen molar-refractivity contribution in [2.75, 3.05) is 0 Å². The molecule has 1 aromatic carbocycles. The third kappa shape index (κ3) is 2.19. The van der Waals surface area contributed by atoms with Crippen LogP contribution in [-0.2, 0) is 13.0 Å². The fourth-order valence-electron chi connectivity index (χ4n) is 1.33. The van der Waals surface area contributed by atoms with Crippen LogP contribution in [0.3, 0.4) is 0 Å². The molecule has 0 atom stereocenters. The first-order chi connectivity index (χ1) is 6.88. The number of hydrogen-bond acceptors (Lipinski definition) is 3. The van der Waals surface area contributed by atoms with Gasteiger partial charge in [-0.15, -0.1) is 11.3 Å². The van der Waals surface area contributed by atoms with Gasteiger partial charge >= 0.3 is 0 Å². The Labute approximate surface area is 87.4 Å². The number of nitrogens with two attached hydrogens (primary N) is 1. The van der Waals surface area contributed by atoms with Crippen LogP contribution < -0.4 is 5.73 Å². The Morgan fingerprint density at radius 1 is 1.21 bits per heavy atom. The highest BCUT2D eigenvalue weighted by atomic mass is 32.1. The lowest BCUT2D eigenvalue weighted by atomic mass is 10.1. The quantitative estimate of drug-likeness (QED) is 0.832.